The topological polar surface area (TPSA) is 43.6 Å². The fourth-order valence-corrected chi connectivity index (χ4v) is 8.48. The molecule has 2 heterocycles. The van der Waals surface area contributed by atoms with E-state index >= 15 is 0 Å². The summed E-state index contributed by atoms with van der Waals surface area (Å²) in [4.78, 5) is 15.9. The lowest BCUT2D eigenvalue weighted by atomic mass is 9.95. The van der Waals surface area contributed by atoms with E-state index in [2.05, 4.69) is 205 Å². The van der Waals surface area contributed by atoms with Crippen LogP contribution in [-0.2, 0) is 0 Å². The zero-order valence-electron chi connectivity index (χ0n) is 32.1. The van der Waals surface area contributed by atoms with Crippen molar-refractivity contribution in [1.82, 2.24) is 19.5 Å². The molecule has 0 saturated heterocycles. The van der Waals surface area contributed by atoms with Crippen molar-refractivity contribution in [1.29, 1.82) is 0 Å². The fourth-order valence-electron chi connectivity index (χ4n) is 8.48. The third-order valence-electron chi connectivity index (χ3n) is 11.3. The summed E-state index contributed by atoms with van der Waals surface area (Å²) in [6.07, 6.45) is 0. The van der Waals surface area contributed by atoms with Gasteiger partial charge in [-0.05, 0) is 74.5 Å². The van der Waals surface area contributed by atoms with Crippen molar-refractivity contribution in [2.75, 3.05) is 0 Å². The maximum atomic E-state index is 5.40. The first-order valence-electron chi connectivity index (χ1n) is 19.9. The number of para-hydroxylation sites is 2. The first kappa shape index (κ1) is 34.3. The molecule has 2 aromatic heterocycles. The molecule has 4 heteroatoms. The molecule has 0 aliphatic carbocycles. The molecule has 59 heavy (non-hydrogen) atoms. The molecular weight excluding hydrogens is 717 g/mol. The quantitative estimate of drug-likeness (QED) is 0.163. The summed E-state index contributed by atoms with van der Waals surface area (Å²) in [5.41, 5.74) is 12.9. The Labute approximate surface area is 342 Å². The van der Waals surface area contributed by atoms with Gasteiger partial charge in [-0.3, -0.25) is 0 Å². The van der Waals surface area contributed by atoms with Crippen LogP contribution in [0.15, 0.2) is 218 Å². The number of aromatic nitrogens is 4. The Morgan fingerprint density at radius 3 is 1.36 bits per heavy atom. The molecule has 0 aliphatic rings. The highest BCUT2D eigenvalue weighted by Gasteiger charge is 2.21. The Kier molecular flexibility index (Phi) is 8.45. The SMILES string of the molecule is c1ccc(-c2cccc(-c3ccc(-c4nc(-c5ccccc5)nc(-c5cccc6c(-c7ccccc7)cccc56)n4)c(-n4c5ccccc5c5ccccc54)c3)c2)cc1. The van der Waals surface area contributed by atoms with Crippen molar-refractivity contribution < 1.29 is 0 Å². The molecular formula is C55H36N4. The minimum Gasteiger partial charge on any atom is -0.308 e. The normalized spacial score (nSPS) is 11.4. The summed E-state index contributed by atoms with van der Waals surface area (Å²) in [5.74, 6) is 1.85. The number of rotatable bonds is 7. The van der Waals surface area contributed by atoms with Gasteiger partial charge < -0.3 is 4.57 Å². The molecule has 0 unspecified atom stereocenters. The van der Waals surface area contributed by atoms with E-state index < -0.39 is 0 Å². The summed E-state index contributed by atoms with van der Waals surface area (Å²) in [5, 5.41) is 4.61. The Morgan fingerprint density at radius 2 is 0.695 bits per heavy atom. The molecule has 9 aromatic carbocycles. The monoisotopic (exact) mass is 752 g/mol. The van der Waals surface area contributed by atoms with Gasteiger partial charge in [0.05, 0.1) is 16.7 Å². The maximum absolute atomic E-state index is 5.40. The van der Waals surface area contributed by atoms with Crippen LogP contribution in [0.1, 0.15) is 0 Å². The number of hydrogen-bond acceptors (Lipinski definition) is 3. The molecule has 0 saturated carbocycles. The molecule has 11 aromatic rings. The second-order valence-electron chi connectivity index (χ2n) is 14.8. The number of fused-ring (bicyclic) bond motifs is 4. The van der Waals surface area contributed by atoms with Gasteiger partial charge in [0.1, 0.15) is 0 Å². The molecule has 11 rings (SSSR count). The Morgan fingerprint density at radius 1 is 0.254 bits per heavy atom. The lowest BCUT2D eigenvalue weighted by molar-refractivity contribution is 1.07. The van der Waals surface area contributed by atoms with Crippen LogP contribution in [0.5, 0.6) is 0 Å². The number of nitrogens with zero attached hydrogens (tertiary/aromatic N) is 4. The van der Waals surface area contributed by atoms with Gasteiger partial charge in [-0.15, -0.1) is 0 Å². The van der Waals surface area contributed by atoms with Crippen LogP contribution in [0, 0.1) is 0 Å². The van der Waals surface area contributed by atoms with Gasteiger partial charge >= 0.3 is 0 Å². The Hall–Kier alpha value is -7.95. The van der Waals surface area contributed by atoms with Gasteiger partial charge in [-0.1, -0.05) is 188 Å². The van der Waals surface area contributed by atoms with E-state index in [4.69, 9.17) is 15.0 Å². The van der Waals surface area contributed by atoms with Gasteiger partial charge in [0.2, 0.25) is 0 Å². The lowest BCUT2D eigenvalue weighted by Crippen LogP contribution is -2.04. The highest BCUT2D eigenvalue weighted by molar-refractivity contribution is 6.10. The molecule has 0 atom stereocenters. The van der Waals surface area contributed by atoms with Gasteiger partial charge in [0.25, 0.3) is 0 Å². The van der Waals surface area contributed by atoms with Crippen molar-refractivity contribution >= 4 is 32.6 Å². The molecule has 0 radical (unpaired) electrons. The molecule has 4 nitrogen and oxygen atoms in total. The summed E-state index contributed by atoms with van der Waals surface area (Å²) in [6, 6.07) is 77.0. The van der Waals surface area contributed by atoms with Crippen molar-refractivity contribution in [3.05, 3.63) is 218 Å². The van der Waals surface area contributed by atoms with E-state index in [9.17, 15) is 0 Å². The molecule has 0 fully saturated rings. The van der Waals surface area contributed by atoms with Crippen LogP contribution in [-0.4, -0.2) is 19.5 Å². The van der Waals surface area contributed by atoms with Gasteiger partial charge in [0, 0.05) is 27.5 Å². The first-order chi connectivity index (χ1) is 29.3. The van der Waals surface area contributed by atoms with E-state index in [0.29, 0.717) is 17.5 Å². The smallest absolute Gasteiger partial charge is 0.166 e. The Bertz CT molecular complexity index is 3260. The summed E-state index contributed by atoms with van der Waals surface area (Å²) in [7, 11) is 0. The van der Waals surface area contributed by atoms with Crippen molar-refractivity contribution in [2.45, 2.75) is 0 Å². The van der Waals surface area contributed by atoms with E-state index in [-0.39, 0.29) is 0 Å². The predicted octanol–water partition coefficient (Wildman–Crippen LogP) is 14.1. The Balaban J connectivity index is 1.18. The second-order valence-corrected chi connectivity index (χ2v) is 14.8. The van der Waals surface area contributed by atoms with Gasteiger partial charge in [-0.25, -0.2) is 15.0 Å². The second kappa shape index (κ2) is 14.5. The largest absolute Gasteiger partial charge is 0.308 e. The molecule has 0 N–H and O–H groups in total. The zero-order chi connectivity index (χ0) is 39.1. The van der Waals surface area contributed by atoms with Crippen molar-refractivity contribution in [3.63, 3.8) is 0 Å². The van der Waals surface area contributed by atoms with Crippen LogP contribution in [0.25, 0.3) is 106 Å². The highest BCUT2D eigenvalue weighted by atomic mass is 15.1. The summed E-state index contributed by atoms with van der Waals surface area (Å²) < 4.78 is 2.38. The van der Waals surface area contributed by atoms with E-state index in [1.807, 2.05) is 18.2 Å². The van der Waals surface area contributed by atoms with Crippen LogP contribution >= 0.6 is 0 Å². The van der Waals surface area contributed by atoms with Crippen LogP contribution in [0.4, 0.5) is 0 Å². The number of hydrogen-bond donors (Lipinski definition) is 0. The van der Waals surface area contributed by atoms with Crippen LogP contribution < -0.4 is 0 Å². The highest BCUT2D eigenvalue weighted by Crippen LogP contribution is 2.40. The van der Waals surface area contributed by atoms with E-state index in [0.717, 1.165) is 55.3 Å². The van der Waals surface area contributed by atoms with Gasteiger partial charge in [0.15, 0.2) is 17.5 Å². The van der Waals surface area contributed by atoms with E-state index in [1.54, 1.807) is 0 Å². The minimum atomic E-state index is 0.603. The van der Waals surface area contributed by atoms with Crippen LogP contribution in [0.2, 0.25) is 0 Å². The molecule has 0 amide bonds. The third kappa shape index (κ3) is 6.15. The van der Waals surface area contributed by atoms with Crippen molar-refractivity contribution in [2.24, 2.45) is 0 Å². The maximum Gasteiger partial charge on any atom is 0.166 e. The fraction of sp³-hybridized carbons (Fsp3) is 0. The summed E-state index contributed by atoms with van der Waals surface area (Å²) in [6.45, 7) is 0. The number of benzene rings is 9. The van der Waals surface area contributed by atoms with Crippen LogP contribution in [0.3, 0.4) is 0 Å². The third-order valence-corrected chi connectivity index (χ3v) is 11.3. The predicted molar refractivity (Wildman–Crippen MR) is 244 cm³/mol. The average molecular weight is 753 g/mol. The summed E-state index contributed by atoms with van der Waals surface area (Å²) >= 11 is 0. The standard InChI is InChI=1S/C55H36N4/c1-4-17-37(18-5-1)40-23-14-24-41(35-40)42-33-34-49(52(36-42)59-50-31-12-10-25-46(50)47-26-11-13-32-51(47)59)55-57-53(39-21-8-3-9-22-39)56-54(58-55)48-30-16-28-44-43(27-15-29-45(44)48)38-19-6-2-7-20-38/h1-36H. The molecule has 0 aliphatic heterocycles. The zero-order valence-corrected chi connectivity index (χ0v) is 32.1. The van der Waals surface area contributed by atoms with Crippen molar-refractivity contribution in [3.8, 4) is 73.2 Å². The minimum absolute atomic E-state index is 0.603. The average Bonchev–Trinajstić information content (AvgIpc) is 3.66. The molecule has 0 bridgehead atoms. The molecule has 276 valence electrons. The van der Waals surface area contributed by atoms with Gasteiger partial charge in [-0.2, -0.15) is 0 Å². The molecule has 0 spiro atoms. The lowest BCUT2D eigenvalue weighted by Gasteiger charge is -2.17. The van der Waals surface area contributed by atoms with E-state index in [1.165, 1.54) is 33.0 Å². The first-order valence-corrected chi connectivity index (χ1v) is 19.9.